The lowest BCUT2D eigenvalue weighted by Gasteiger charge is -2.34. The number of carboxylic acids is 1. The number of urea groups is 1. The molecule has 0 saturated heterocycles. The SMILES string of the molecule is CC(C)C[C@H](NC(=O)NC1CCCC(C)C1C)C(=O)O. The number of aliphatic carboxylic acids is 1. The maximum absolute atomic E-state index is 12.0. The first kappa shape index (κ1) is 16.8. The Hall–Kier alpha value is -1.26. The molecule has 3 unspecified atom stereocenters. The van der Waals surface area contributed by atoms with Gasteiger partial charge in [0.15, 0.2) is 0 Å². The van der Waals surface area contributed by atoms with E-state index in [0.29, 0.717) is 18.3 Å². The van der Waals surface area contributed by atoms with Crippen molar-refractivity contribution in [1.82, 2.24) is 10.6 Å². The summed E-state index contributed by atoms with van der Waals surface area (Å²) >= 11 is 0. The molecule has 0 heterocycles. The largest absolute Gasteiger partial charge is 0.480 e. The Morgan fingerprint density at radius 3 is 2.45 bits per heavy atom. The van der Waals surface area contributed by atoms with Gasteiger partial charge in [0.25, 0.3) is 0 Å². The lowest BCUT2D eigenvalue weighted by molar-refractivity contribution is -0.139. The van der Waals surface area contributed by atoms with E-state index in [1.165, 1.54) is 6.42 Å². The highest BCUT2D eigenvalue weighted by molar-refractivity contribution is 5.82. The predicted octanol–water partition coefficient (Wildman–Crippen LogP) is 2.61. The second-order valence-electron chi connectivity index (χ2n) is 6.51. The lowest BCUT2D eigenvalue weighted by Crippen LogP contribution is -2.52. The molecule has 0 bridgehead atoms. The van der Waals surface area contributed by atoms with Crippen LogP contribution in [0.5, 0.6) is 0 Å². The van der Waals surface area contributed by atoms with E-state index in [1.807, 2.05) is 13.8 Å². The van der Waals surface area contributed by atoms with Crippen LogP contribution in [0.3, 0.4) is 0 Å². The molecule has 2 amide bonds. The summed E-state index contributed by atoms with van der Waals surface area (Å²) in [6.45, 7) is 8.24. The van der Waals surface area contributed by atoms with Crippen LogP contribution in [0.15, 0.2) is 0 Å². The molecule has 1 saturated carbocycles. The van der Waals surface area contributed by atoms with Gasteiger partial charge in [-0.05, 0) is 30.6 Å². The van der Waals surface area contributed by atoms with Crippen LogP contribution in [0.2, 0.25) is 0 Å². The van der Waals surface area contributed by atoms with Crippen molar-refractivity contribution in [2.75, 3.05) is 0 Å². The van der Waals surface area contributed by atoms with Crippen LogP contribution >= 0.6 is 0 Å². The highest BCUT2D eigenvalue weighted by Gasteiger charge is 2.29. The van der Waals surface area contributed by atoms with Crippen LogP contribution < -0.4 is 10.6 Å². The molecule has 1 aliphatic rings. The Morgan fingerprint density at radius 1 is 1.25 bits per heavy atom. The van der Waals surface area contributed by atoms with Gasteiger partial charge in [0.2, 0.25) is 0 Å². The monoisotopic (exact) mass is 284 g/mol. The number of hydrogen-bond donors (Lipinski definition) is 3. The number of rotatable bonds is 5. The van der Waals surface area contributed by atoms with E-state index < -0.39 is 12.0 Å². The fraction of sp³-hybridized carbons (Fsp3) is 0.867. The van der Waals surface area contributed by atoms with Gasteiger partial charge in [-0.1, -0.05) is 40.5 Å². The topological polar surface area (TPSA) is 78.4 Å². The molecule has 1 aliphatic carbocycles. The summed E-state index contributed by atoms with van der Waals surface area (Å²) in [6, 6.07) is -1.03. The van der Waals surface area contributed by atoms with Crippen molar-refractivity contribution < 1.29 is 14.7 Å². The number of carbonyl (C=O) groups excluding carboxylic acids is 1. The van der Waals surface area contributed by atoms with Crippen molar-refractivity contribution in [2.45, 2.75) is 65.5 Å². The molecule has 5 nitrogen and oxygen atoms in total. The van der Waals surface area contributed by atoms with Crippen molar-refractivity contribution in [1.29, 1.82) is 0 Å². The fourth-order valence-electron chi connectivity index (χ4n) is 2.85. The van der Waals surface area contributed by atoms with Gasteiger partial charge < -0.3 is 15.7 Å². The highest BCUT2D eigenvalue weighted by Crippen LogP contribution is 2.29. The highest BCUT2D eigenvalue weighted by atomic mass is 16.4. The summed E-state index contributed by atoms with van der Waals surface area (Å²) in [6.07, 6.45) is 3.73. The molecule has 1 fully saturated rings. The smallest absolute Gasteiger partial charge is 0.326 e. The molecule has 0 aromatic carbocycles. The fourth-order valence-corrected chi connectivity index (χ4v) is 2.85. The third kappa shape index (κ3) is 5.02. The van der Waals surface area contributed by atoms with Gasteiger partial charge in [-0.2, -0.15) is 0 Å². The number of amides is 2. The summed E-state index contributed by atoms with van der Waals surface area (Å²) < 4.78 is 0. The molecule has 116 valence electrons. The first-order valence-corrected chi connectivity index (χ1v) is 7.61. The van der Waals surface area contributed by atoms with Crippen molar-refractivity contribution in [3.05, 3.63) is 0 Å². The molecule has 1 rings (SSSR count). The van der Waals surface area contributed by atoms with Gasteiger partial charge in [0.05, 0.1) is 0 Å². The van der Waals surface area contributed by atoms with Crippen molar-refractivity contribution in [3.8, 4) is 0 Å². The molecular formula is C15H28N2O3. The standard InChI is InChI=1S/C15H28N2O3/c1-9(2)8-13(14(18)19)17-15(20)16-12-7-5-6-10(3)11(12)4/h9-13H,5-8H2,1-4H3,(H,18,19)(H2,16,17,20)/t10?,11?,12?,13-/m0/s1. The third-order valence-corrected chi connectivity index (χ3v) is 4.33. The van der Waals surface area contributed by atoms with Gasteiger partial charge in [-0.3, -0.25) is 0 Å². The summed E-state index contributed by atoms with van der Waals surface area (Å²) in [7, 11) is 0. The van der Waals surface area contributed by atoms with E-state index in [2.05, 4.69) is 24.5 Å². The van der Waals surface area contributed by atoms with E-state index in [1.54, 1.807) is 0 Å². The molecule has 0 aliphatic heterocycles. The maximum Gasteiger partial charge on any atom is 0.326 e. The Morgan fingerprint density at radius 2 is 1.90 bits per heavy atom. The van der Waals surface area contributed by atoms with E-state index in [-0.39, 0.29) is 18.0 Å². The molecule has 3 N–H and O–H groups in total. The van der Waals surface area contributed by atoms with Crippen LogP contribution in [0, 0.1) is 17.8 Å². The summed E-state index contributed by atoms with van der Waals surface area (Å²) in [5.41, 5.74) is 0. The second-order valence-corrected chi connectivity index (χ2v) is 6.51. The first-order chi connectivity index (χ1) is 9.31. The van der Waals surface area contributed by atoms with Gasteiger partial charge in [-0.25, -0.2) is 9.59 Å². The molecule has 0 spiro atoms. The van der Waals surface area contributed by atoms with E-state index in [0.717, 1.165) is 12.8 Å². The molecule has 20 heavy (non-hydrogen) atoms. The Bertz CT molecular complexity index is 344. The van der Waals surface area contributed by atoms with Gasteiger partial charge >= 0.3 is 12.0 Å². The van der Waals surface area contributed by atoms with Crippen molar-refractivity contribution in [3.63, 3.8) is 0 Å². The quantitative estimate of drug-likeness (QED) is 0.726. The normalized spacial score (nSPS) is 27.9. The zero-order chi connectivity index (χ0) is 15.3. The van der Waals surface area contributed by atoms with Crippen molar-refractivity contribution in [2.24, 2.45) is 17.8 Å². The van der Waals surface area contributed by atoms with Crippen LogP contribution in [0.1, 0.15) is 53.4 Å². The molecule has 5 heteroatoms. The molecular weight excluding hydrogens is 256 g/mol. The Kier molecular flexibility index (Phi) is 6.30. The summed E-state index contributed by atoms with van der Waals surface area (Å²) in [5, 5.41) is 14.7. The zero-order valence-electron chi connectivity index (χ0n) is 13.0. The third-order valence-electron chi connectivity index (χ3n) is 4.33. The van der Waals surface area contributed by atoms with Crippen LogP contribution in [-0.2, 0) is 4.79 Å². The Balaban J connectivity index is 2.50. The minimum Gasteiger partial charge on any atom is -0.480 e. The molecule has 4 atom stereocenters. The lowest BCUT2D eigenvalue weighted by atomic mass is 9.78. The summed E-state index contributed by atoms with van der Waals surface area (Å²) in [4.78, 5) is 23.1. The molecule has 0 aromatic rings. The van der Waals surface area contributed by atoms with E-state index in [9.17, 15) is 9.59 Å². The van der Waals surface area contributed by atoms with Crippen LogP contribution in [-0.4, -0.2) is 29.2 Å². The van der Waals surface area contributed by atoms with E-state index in [4.69, 9.17) is 5.11 Å². The number of nitrogens with one attached hydrogen (secondary N) is 2. The van der Waals surface area contributed by atoms with Gasteiger partial charge in [0, 0.05) is 6.04 Å². The second kappa shape index (κ2) is 7.50. The van der Waals surface area contributed by atoms with Crippen LogP contribution in [0.25, 0.3) is 0 Å². The van der Waals surface area contributed by atoms with Crippen molar-refractivity contribution >= 4 is 12.0 Å². The number of hydrogen-bond acceptors (Lipinski definition) is 2. The van der Waals surface area contributed by atoms with Gasteiger partial charge in [0.1, 0.15) is 6.04 Å². The van der Waals surface area contributed by atoms with Gasteiger partial charge in [-0.15, -0.1) is 0 Å². The number of carbonyl (C=O) groups is 2. The average molecular weight is 284 g/mol. The maximum atomic E-state index is 12.0. The number of carboxylic acid groups (broad SMARTS) is 1. The average Bonchev–Trinajstić information content (AvgIpc) is 2.33. The zero-order valence-corrected chi connectivity index (χ0v) is 13.0. The van der Waals surface area contributed by atoms with Crippen LogP contribution in [0.4, 0.5) is 4.79 Å². The minimum atomic E-state index is -0.973. The molecule has 0 radical (unpaired) electrons. The minimum absolute atomic E-state index is 0.146. The first-order valence-electron chi connectivity index (χ1n) is 7.61. The Labute approximate surface area is 121 Å². The summed E-state index contributed by atoms with van der Waals surface area (Å²) in [5.74, 6) is 0.284. The predicted molar refractivity (Wildman–Crippen MR) is 78.5 cm³/mol. The van der Waals surface area contributed by atoms with E-state index >= 15 is 0 Å². The molecule has 0 aromatic heterocycles.